The van der Waals surface area contributed by atoms with Gasteiger partial charge in [0, 0.05) is 17.3 Å². The molecule has 0 unspecified atom stereocenters. The molecule has 2 amide bonds. The number of amides is 2. The van der Waals surface area contributed by atoms with Crippen molar-refractivity contribution >= 4 is 46.2 Å². The fourth-order valence-electron chi connectivity index (χ4n) is 3.24. The maximum Gasteiger partial charge on any atom is 0.277 e. The number of carbonyl (C=O) groups is 2. The average Bonchev–Trinajstić information content (AvgIpc) is 2.88. The minimum atomic E-state index is -0.426. The van der Waals surface area contributed by atoms with E-state index >= 15 is 0 Å². The van der Waals surface area contributed by atoms with Gasteiger partial charge in [0.15, 0.2) is 13.2 Å². The Bertz CT molecular complexity index is 1400. The maximum atomic E-state index is 12.1. The molecule has 3 aromatic carbocycles. The van der Waals surface area contributed by atoms with Gasteiger partial charge < -0.3 is 14.8 Å². The largest absolute Gasteiger partial charge is 0.482 e. The van der Waals surface area contributed by atoms with Gasteiger partial charge in [0.2, 0.25) is 0 Å². The Morgan fingerprint density at radius 3 is 2.50 bits per heavy atom. The molecule has 0 aliphatic carbocycles. The Morgan fingerprint density at radius 2 is 1.69 bits per heavy atom. The number of nitrogens with zero attached hydrogens (tertiary/aromatic N) is 2. The molecular formula is C27H23ClN4O4. The van der Waals surface area contributed by atoms with Crippen LogP contribution in [-0.4, -0.2) is 36.2 Å². The van der Waals surface area contributed by atoms with E-state index in [1.165, 1.54) is 6.21 Å². The van der Waals surface area contributed by atoms with E-state index < -0.39 is 5.91 Å². The van der Waals surface area contributed by atoms with Crippen LogP contribution >= 0.6 is 11.6 Å². The van der Waals surface area contributed by atoms with Gasteiger partial charge in [0.05, 0.1) is 11.2 Å². The third-order valence-electron chi connectivity index (χ3n) is 5.01. The molecular weight excluding hydrogens is 480 g/mol. The molecule has 36 heavy (non-hydrogen) atoms. The maximum absolute atomic E-state index is 12.1. The first-order valence-electron chi connectivity index (χ1n) is 11.1. The van der Waals surface area contributed by atoms with Crippen LogP contribution in [0.25, 0.3) is 10.9 Å². The molecule has 0 bridgehead atoms. The van der Waals surface area contributed by atoms with Gasteiger partial charge in [-0.2, -0.15) is 5.10 Å². The second-order valence-electron chi connectivity index (χ2n) is 7.81. The molecule has 4 rings (SSSR count). The van der Waals surface area contributed by atoms with Crippen LogP contribution in [0.1, 0.15) is 11.1 Å². The van der Waals surface area contributed by atoms with Crippen molar-refractivity contribution in [2.24, 2.45) is 5.10 Å². The first kappa shape index (κ1) is 24.7. The third kappa shape index (κ3) is 6.80. The highest BCUT2D eigenvalue weighted by molar-refractivity contribution is 6.32. The lowest BCUT2D eigenvalue weighted by Gasteiger charge is -2.09. The Balaban J connectivity index is 1.24. The van der Waals surface area contributed by atoms with E-state index in [2.05, 4.69) is 20.8 Å². The fourth-order valence-corrected chi connectivity index (χ4v) is 3.48. The summed E-state index contributed by atoms with van der Waals surface area (Å²) in [5.74, 6) is 0.144. The molecule has 4 aromatic rings. The first-order valence-corrected chi connectivity index (χ1v) is 11.4. The molecule has 0 saturated heterocycles. The van der Waals surface area contributed by atoms with Crippen LogP contribution < -0.4 is 20.2 Å². The number of aromatic nitrogens is 1. The van der Waals surface area contributed by atoms with Gasteiger partial charge in [-0.05, 0) is 55.0 Å². The number of pyridine rings is 1. The predicted molar refractivity (Wildman–Crippen MR) is 140 cm³/mol. The van der Waals surface area contributed by atoms with Crippen molar-refractivity contribution in [1.29, 1.82) is 0 Å². The number of carbonyl (C=O) groups excluding carboxylic acids is 2. The molecule has 0 radical (unpaired) electrons. The van der Waals surface area contributed by atoms with Crippen LogP contribution in [0, 0.1) is 6.92 Å². The molecule has 0 aliphatic rings. The van der Waals surface area contributed by atoms with E-state index in [4.69, 9.17) is 21.1 Å². The van der Waals surface area contributed by atoms with Crippen LogP contribution in [-0.2, 0) is 9.59 Å². The van der Waals surface area contributed by atoms with Gasteiger partial charge in [-0.15, -0.1) is 0 Å². The number of hydrogen-bond donors (Lipinski definition) is 2. The number of anilines is 1. The molecule has 0 saturated carbocycles. The number of benzene rings is 3. The van der Waals surface area contributed by atoms with Gasteiger partial charge >= 0.3 is 0 Å². The third-order valence-corrected chi connectivity index (χ3v) is 5.30. The van der Waals surface area contributed by atoms with Gasteiger partial charge in [-0.1, -0.05) is 47.5 Å². The molecule has 8 nitrogen and oxygen atoms in total. The Morgan fingerprint density at radius 1 is 0.944 bits per heavy atom. The number of fused-ring (bicyclic) bond motifs is 1. The van der Waals surface area contributed by atoms with E-state index in [0.29, 0.717) is 33.3 Å². The van der Waals surface area contributed by atoms with Crippen molar-refractivity contribution in [3.05, 3.63) is 95.1 Å². The zero-order valence-corrected chi connectivity index (χ0v) is 20.2. The molecule has 0 fully saturated rings. The second kappa shape index (κ2) is 11.8. The van der Waals surface area contributed by atoms with Gasteiger partial charge in [0.1, 0.15) is 17.0 Å². The van der Waals surface area contributed by atoms with Crippen LogP contribution in [0.15, 0.2) is 84.1 Å². The van der Waals surface area contributed by atoms with Crippen LogP contribution in [0.5, 0.6) is 11.5 Å². The van der Waals surface area contributed by atoms with Crippen molar-refractivity contribution in [2.45, 2.75) is 6.92 Å². The highest BCUT2D eigenvalue weighted by Gasteiger charge is 2.08. The second-order valence-corrected chi connectivity index (χ2v) is 8.21. The average molecular weight is 503 g/mol. The minimum absolute atomic E-state index is 0.191. The van der Waals surface area contributed by atoms with Crippen molar-refractivity contribution in [3.8, 4) is 11.5 Å². The zero-order chi connectivity index (χ0) is 25.3. The summed E-state index contributed by atoms with van der Waals surface area (Å²) in [5, 5.41) is 7.91. The topological polar surface area (TPSA) is 102 Å². The molecule has 182 valence electrons. The van der Waals surface area contributed by atoms with Gasteiger partial charge in [-0.3, -0.25) is 14.6 Å². The smallest absolute Gasteiger partial charge is 0.277 e. The first-order chi connectivity index (χ1) is 17.5. The number of halogens is 1. The summed E-state index contributed by atoms with van der Waals surface area (Å²) in [6.45, 7) is 1.56. The molecule has 1 aromatic heterocycles. The molecule has 9 heteroatoms. The van der Waals surface area contributed by atoms with E-state index in [1.54, 1.807) is 30.5 Å². The number of nitrogens with one attached hydrogen (secondary N) is 2. The highest BCUT2D eigenvalue weighted by Crippen LogP contribution is 2.25. The minimum Gasteiger partial charge on any atom is -0.482 e. The zero-order valence-electron chi connectivity index (χ0n) is 19.4. The number of rotatable bonds is 9. The lowest BCUT2D eigenvalue weighted by molar-refractivity contribution is -0.123. The summed E-state index contributed by atoms with van der Waals surface area (Å²) in [6.07, 6.45) is 3.11. The monoisotopic (exact) mass is 502 g/mol. The Hall–Kier alpha value is -4.43. The molecule has 1 heterocycles. The van der Waals surface area contributed by atoms with Crippen LogP contribution in [0.4, 0.5) is 5.69 Å². The summed E-state index contributed by atoms with van der Waals surface area (Å²) < 4.78 is 11.1. The van der Waals surface area contributed by atoms with Gasteiger partial charge in [0.25, 0.3) is 11.8 Å². The Labute approximate surface area is 212 Å². The van der Waals surface area contributed by atoms with E-state index in [0.717, 1.165) is 10.9 Å². The van der Waals surface area contributed by atoms with Crippen molar-refractivity contribution in [2.75, 3.05) is 18.5 Å². The van der Waals surface area contributed by atoms with E-state index in [1.807, 2.05) is 55.5 Å². The number of aryl methyl sites for hydroxylation is 1. The van der Waals surface area contributed by atoms with Crippen molar-refractivity contribution < 1.29 is 19.1 Å². The summed E-state index contributed by atoms with van der Waals surface area (Å²) in [4.78, 5) is 28.5. The lowest BCUT2D eigenvalue weighted by Crippen LogP contribution is -2.24. The summed E-state index contributed by atoms with van der Waals surface area (Å²) in [7, 11) is 0. The van der Waals surface area contributed by atoms with Gasteiger partial charge in [-0.25, -0.2) is 5.43 Å². The summed E-state index contributed by atoms with van der Waals surface area (Å²) in [6, 6.07) is 21.7. The number of hydrogen-bond acceptors (Lipinski definition) is 6. The van der Waals surface area contributed by atoms with Crippen molar-refractivity contribution in [3.63, 3.8) is 0 Å². The van der Waals surface area contributed by atoms with Crippen LogP contribution in [0.3, 0.4) is 0 Å². The van der Waals surface area contributed by atoms with Crippen LogP contribution in [0.2, 0.25) is 5.02 Å². The lowest BCUT2D eigenvalue weighted by atomic mass is 10.2. The standard InChI is InChI=1S/C27H23ClN4O4/c1-18-7-10-21(11-8-18)31-25(33)16-35-23-12-9-19(14-22(23)28)15-30-32-26(34)17-36-24-6-2-4-20-5-3-13-29-27(20)24/h2-15H,16-17H2,1H3,(H,31,33)(H,32,34)/b30-15+. The quantitative estimate of drug-likeness (QED) is 0.254. The summed E-state index contributed by atoms with van der Waals surface area (Å²) in [5.41, 5.74) is 5.52. The molecule has 0 atom stereocenters. The molecule has 0 aliphatic heterocycles. The fraction of sp³-hybridized carbons (Fsp3) is 0.111. The molecule has 2 N–H and O–H groups in total. The Kier molecular flexibility index (Phi) is 8.10. The van der Waals surface area contributed by atoms with Crippen molar-refractivity contribution in [1.82, 2.24) is 10.4 Å². The number of para-hydroxylation sites is 1. The SMILES string of the molecule is Cc1ccc(NC(=O)COc2ccc(/C=N/NC(=O)COc3cccc4cccnc34)cc2Cl)cc1. The normalized spacial score (nSPS) is 10.8. The number of ether oxygens (including phenoxy) is 2. The highest BCUT2D eigenvalue weighted by atomic mass is 35.5. The predicted octanol–water partition coefficient (Wildman–Crippen LogP) is 4.74. The molecule has 0 spiro atoms. The van der Waals surface area contributed by atoms with E-state index in [9.17, 15) is 9.59 Å². The van der Waals surface area contributed by atoms with E-state index in [-0.39, 0.29) is 19.1 Å². The summed E-state index contributed by atoms with van der Waals surface area (Å²) >= 11 is 6.27. The number of hydrazone groups is 1.